The van der Waals surface area contributed by atoms with Gasteiger partial charge in [0, 0.05) is 11.1 Å². The third-order valence-corrected chi connectivity index (χ3v) is 4.34. The molecule has 7 heteroatoms. The third-order valence-electron chi connectivity index (χ3n) is 4.34. The lowest BCUT2D eigenvalue weighted by molar-refractivity contribution is -0.121. The normalized spacial score (nSPS) is 13.3. The van der Waals surface area contributed by atoms with Crippen molar-refractivity contribution in [2.24, 2.45) is 0 Å². The molecule has 0 aliphatic carbocycles. The SMILES string of the molecule is CC(C)(C)NC(=O)CNC(=O)c1ccc2c(c1)C(=O)N(Cc1ccccc1)C2=O. The van der Waals surface area contributed by atoms with Crippen LogP contribution >= 0.6 is 0 Å². The minimum atomic E-state index is -0.487. The van der Waals surface area contributed by atoms with Crippen molar-refractivity contribution in [1.82, 2.24) is 15.5 Å². The van der Waals surface area contributed by atoms with Crippen molar-refractivity contribution in [2.75, 3.05) is 6.54 Å². The van der Waals surface area contributed by atoms with Crippen molar-refractivity contribution in [3.63, 3.8) is 0 Å². The van der Waals surface area contributed by atoms with E-state index in [4.69, 9.17) is 0 Å². The molecule has 3 rings (SSSR count). The molecule has 150 valence electrons. The monoisotopic (exact) mass is 393 g/mol. The Morgan fingerprint density at radius 1 is 0.931 bits per heavy atom. The predicted molar refractivity (Wildman–Crippen MR) is 107 cm³/mol. The van der Waals surface area contributed by atoms with E-state index in [-0.39, 0.29) is 41.6 Å². The van der Waals surface area contributed by atoms with Gasteiger partial charge in [-0.2, -0.15) is 0 Å². The number of imide groups is 1. The molecule has 0 bridgehead atoms. The van der Waals surface area contributed by atoms with Gasteiger partial charge in [-0.15, -0.1) is 0 Å². The smallest absolute Gasteiger partial charge is 0.261 e. The largest absolute Gasteiger partial charge is 0.350 e. The Bertz CT molecular complexity index is 977. The van der Waals surface area contributed by atoms with Crippen molar-refractivity contribution in [3.05, 3.63) is 70.8 Å². The van der Waals surface area contributed by atoms with E-state index in [1.165, 1.54) is 23.1 Å². The molecule has 0 aromatic heterocycles. The molecule has 2 N–H and O–H groups in total. The Balaban J connectivity index is 1.70. The summed E-state index contributed by atoms with van der Waals surface area (Å²) in [5.41, 5.74) is 1.12. The van der Waals surface area contributed by atoms with Gasteiger partial charge in [-0.3, -0.25) is 24.1 Å². The summed E-state index contributed by atoms with van der Waals surface area (Å²) in [6.45, 7) is 5.52. The van der Waals surface area contributed by atoms with Crippen LogP contribution in [-0.4, -0.2) is 40.6 Å². The zero-order valence-corrected chi connectivity index (χ0v) is 16.6. The molecule has 2 aromatic rings. The van der Waals surface area contributed by atoms with Gasteiger partial charge in [-0.1, -0.05) is 30.3 Å². The fourth-order valence-corrected chi connectivity index (χ4v) is 3.07. The molecule has 2 aromatic carbocycles. The summed E-state index contributed by atoms with van der Waals surface area (Å²) < 4.78 is 0. The topological polar surface area (TPSA) is 95.6 Å². The molecule has 0 unspecified atom stereocenters. The van der Waals surface area contributed by atoms with E-state index < -0.39 is 17.4 Å². The summed E-state index contributed by atoms with van der Waals surface area (Å²) in [7, 11) is 0. The molecule has 0 atom stereocenters. The first-order valence-corrected chi connectivity index (χ1v) is 9.29. The fourth-order valence-electron chi connectivity index (χ4n) is 3.07. The van der Waals surface area contributed by atoms with Gasteiger partial charge in [-0.05, 0) is 44.5 Å². The van der Waals surface area contributed by atoms with Crippen molar-refractivity contribution in [3.8, 4) is 0 Å². The molecule has 0 spiro atoms. The molecule has 0 saturated heterocycles. The quantitative estimate of drug-likeness (QED) is 0.761. The molecule has 0 fully saturated rings. The highest BCUT2D eigenvalue weighted by Crippen LogP contribution is 2.25. The zero-order valence-electron chi connectivity index (χ0n) is 16.6. The second kappa shape index (κ2) is 7.87. The van der Waals surface area contributed by atoms with Crippen LogP contribution in [0.3, 0.4) is 0 Å². The van der Waals surface area contributed by atoms with Crippen LogP contribution in [0, 0.1) is 0 Å². The van der Waals surface area contributed by atoms with Crippen LogP contribution in [0.4, 0.5) is 0 Å². The summed E-state index contributed by atoms with van der Waals surface area (Å²) in [4.78, 5) is 50.7. The molecule has 7 nitrogen and oxygen atoms in total. The maximum Gasteiger partial charge on any atom is 0.261 e. The summed E-state index contributed by atoms with van der Waals surface area (Å²) in [6, 6.07) is 13.6. The molecular formula is C22H23N3O4. The Kier molecular flexibility index (Phi) is 5.50. The Labute approximate surface area is 169 Å². The predicted octanol–water partition coefficient (Wildman–Crippen LogP) is 2.13. The van der Waals surface area contributed by atoms with Gasteiger partial charge in [0.25, 0.3) is 17.7 Å². The van der Waals surface area contributed by atoms with Gasteiger partial charge >= 0.3 is 0 Å². The van der Waals surface area contributed by atoms with E-state index in [0.29, 0.717) is 0 Å². The number of carbonyl (C=O) groups excluding carboxylic acids is 4. The lowest BCUT2D eigenvalue weighted by atomic mass is 10.1. The van der Waals surface area contributed by atoms with Crippen LogP contribution in [0.5, 0.6) is 0 Å². The van der Waals surface area contributed by atoms with Crippen LogP contribution in [0.1, 0.15) is 57.4 Å². The Morgan fingerprint density at radius 2 is 1.59 bits per heavy atom. The van der Waals surface area contributed by atoms with E-state index in [2.05, 4.69) is 10.6 Å². The standard InChI is InChI=1S/C22H23N3O4/c1-22(2,3)24-18(26)12-23-19(27)15-9-10-16-17(11-15)21(29)25(20(16)28)13-14-7-5-4-6-8-14/h4-11H,12-13H2,1-3H3,(H,23,27)(H,24,26). The number of nitrogens with zero attached hydrogens (tertiary/aromatic N) is 1. The molecule has 0 radical (unpaired) electrons. The van der Waals surface area contributed by atoms with Crippen LogP contribution < -0.4 is 10.6 Å². The lowest BCUT2D eigenvalue weighted by Gasteiger charge is -2.20. The number of fused-ring (bicyclic) bond motifs is 1. The first-order valence-electron chi connectivity index (χ1n) is 9.29. The van der Waals surface area contributed by atoms with Gasteiger partial charge in [0.2, 0.25) is 5.91 Å². The number of hydrogen-bond donors (Lipinski definition) is 2. The summed E-state index contributed by atoms with van der Waals surface area (Å²) in [5, 5.41) is 5.28. The highest BCUT2D eigenvalue weighted by molar-refractivity contribution is 6.22. The van der Waals surface area contributed by atoms with Gasteiger partial charge in [0.05, 0.1) is 24.2 Å². The van der Waals surface area contributed by atoms with Crippen molar-refractivity contribution in [2.45, 2.75) is 32.9 Å². The highest BCUT2D eigenvalue weighted by atomic mass is 16.2. The average molecular weight is 393 g/mol. The zero-order chi connectivity index (χ0) is 21.2. The second-order valence-corrected chi connectivity index (χ2v) is 7.92. The number of amides is 4. The number of benzene rings is 2. The van der Waals surface area contributed by atoms with Crippen LogP contribution in [0.25, 0.3) is 0 Å². The number of rotatable bonds is 5. The summed E-state index contributed by atoms with van der Waals surface area (Å²) >= 11 is 0. The third kappa shape index (κ3) is 4.68. The van der Waals surface area contributed by atoms with Gasteiger partial charge < -0.3 is 10.6 Å². The van der Waals surface area contributed by atoms with Crippen LogP contribution in [-0.2, 0) is 11.3 Å². The summed E-state index contributed by atoms with van der Waals surface area (Å²) in [6.07, 6.45) is 0. The van der Waals surface area contributed by atoms with Gasteiger partial charge in [0.1, 0.15) is 0 Å². The molecule has 1 heterocycles. The number of nitrogens with one attached hydrogen (secondary N) is 2. The van der Waals surface area contributed by atoms with Crippen molar-refractivity contribution < 1.29 is 19.2 Å². The Hall–Kier alpha value is -3.48. The number of hydrogen-bond acceptors (Lipinski definition) is 4. The summed E-state index contributed by atoms with van der Waals surface area (Å²) in [5.74, 6) is -1.62. The van der Waals surface area contributed by atoms with Crippen LogP contribution in [0.2, 0.25) is 0 Å². The Morgan fingerprint density at radius 3 is 2.24 bits per heavy atom. The van der Waals surface area contributed by atoms with Crippen molar-refractivity contribution in [1.29, 1.82) is 0 Å². The van der Waals surface area contributed by atoms with E-state index in [1.54, 1.807) is 0 Å². The minimum Gasteiger partial charge on any atom is -0.350 e. The maximum atomic E-state index is 12.7. The molecule has 1 aliphatic rings. The first-order chi connectivity index (χ1) is 13.7. The molecule has 29 heavy (non-hydrogen) atoms. The van der Waals surface area contributed by atoms with Crippen LogP contribution in [0.15, 0.2) is 48.5 Å². The van der Waals surface area contributed by atoms with E-state index in [9.17, 15) is 19.2 Å². The van der Waals surface area contributed by atoms with Crippen molar-refractivity contribution >= 4 is 23.6 Å². The minimum absolute atomic E-state index is 0.168. The second-order valence-electron chi connectivity index (χ2n) is 7.92. The van der Waals surface area contributed by atoms with E-state index in [1.807, 2.05) is 51.1 Å². The maximum absolute atomic E-state index is 12.7. The molecule has 4 amide bonds. The number of carbonyl (C=O) groups is 4. The van der Waals surface area contributed by atoms with Gasteiger partial charge in [0.15, 0.2) is 0 Å². The van der Waals surface area contributed by atoms with E-state index >= 15 is 0 Å². The van der Waals surface area contributed by atoms with Gasteiger partial charge in [-0.25, -0.2) is 0 Å². The average Bonchev–Trinajstić information content (AvgIpc) is 2.90. The van der Waals surface area contributed by atoms with E-state index in [0.717, 1.165) is 5.56 Å². The molecule has 1 aliphatic heterocycles. The molecular weight excluding hydrogens is 370 g/mol. The molecule has 0 saturated carbocycles. The fraction of sp³-hybridized carbons (Fsp3) is 0.273. The lowest BCUT2D eigenvalue weighted by Crippen LogP contribution is -2.45. The first kappa shape index (κ1) is 20.3. The highest BCUT2D eigenvalue weighted by Gasteiger charge is 2.36.